The molecule has 0 radical (unpaired) electrons. The van der Waals surface area contributed by atoms with Gasteiger partial charge in [-0.2, -0.15) is 5.26 Å². The van der Waals surface area contributed by atoms with Crippen molar-refractivity contribution in [3.05, 3.63) is 47.4 Å². The fraction of sp³-hybridized carbons (Fsp3) is 0. The molecule has 4 N–H and O–H groups in total. The number of nitrogen functional groups attached to an aromatic ring is 1. The highest BCUT2D eigenvalue weighted by Gasteiger charge is 2.16. The number of primary amides is 1. The van der Waals surface area contributed by atoms with E-state index in [-0.39, 0.29) is 28.4 Å². The summed E-state index contributed by atoms with van der Waals surface area (Å²) in [5, 5.41) is 8.90. The molecule has 0 bridgehead atoms. The van der Waals surface area contributed by atoms with Crippen LogP contribution in [-0.2, 0) is 0 Å². The highest BCUT2D eigenvalue weighted by molar-refractivity contribution is 5.95. The van der Waals surface area contributed by atoms with Crippen molar-refractivity contribution in [3.63, 3.8) is 0 Å². The van der Waals surface area contributed by atoms with Gasteiger partial charge in [0, 0.05) is 0 Å². The van der Waals surface area contributed by atoms with Gasteiger partial charge in [-0.15, -0.1) is 0 Å². The average Bonchev–Trinajstić information content (AvgIpc) is 2.41. The molecule has 0 aliphatic carbocycles. The molecule has 2 aromatic rings. The van der Waals surface area contributed by atoms with Crippen LogP contribution in [0.15, 0.2) is 30.5 Å². The van der Waals surface area contributed by atoms with Crippen molar-refractivity contribution in [1.29, 1.82) is 5.26 Å². The van der Waals surface area contributed by atoms with Crippen LogP contribution in [0.4, 0.5) is 10.1 Å². The summed E-state index contributed by atoms with van der Waals surface area (Å²) >= 11 is 0. The van der Waals surface area contributed by atoms with E-state index in [0.29, 0.717) is 0 Å². The number of nitrogens with zero attached hydrogens (tertiary/aromatic N) is 2. The molecule has 7 heteroatoms. The third-order valence-electron chi connectivity index (χ3n) is 2.43. The summed E-state index contributed by atoms with van der Waals surface area (Å²) in [7, 11) is 0. The smallest absolute Gasteiger partial charge is 0.254 e. The Morgan fingerprint density at radius 2 is 2.20 bits per heavy atom. The van der Waals surface area contributed by atoms with Crippen LogP contribution < -0.4 is 16.2 Å². The Labute approximate surface area is 113 Å². The van der Waals surface area contributed by atoms with Crippen molar-refractivity contribution in [2.75, 3.05) is 5.73 Å². The van der Waals surface area contributed by atoms with E-state index in [9.17, 15) is 9.18 Å². The predicted molar refractivity (Wildman–Crippen MR) is 68.4 cm³/mol. The molecule has 0 spiro atoms. The van der Waals surface area contributed by atoms with Gasteiger partial charge in [-0.3, -0.25) is 4.79 Å². The van der Waals surface area contributed by atoms with E-state index in [1.165, 1.54) is 24.4 Å². The Hall–Kier alpha value is -3.14. The first-order valence-electron chi connectivity index (χ1n) is 5.44. The Kier molecular flexibility index (Phi) is 3.48. The lowest BCUT2D eigenvalue weighted by molar-refractivity contribution is 0.0997. The standard InChI is InChI=1S/C13H9FN4O2/c14-10-2-1-3-11(9(10)5-15)20-13-8(12(17)19)4-7(16)6-18-13/h1-4,6H,16H2,(H2,17,19). The Morgan fingerprint density at radius 3 is 2.85 bits per heavy atom. The van der Waals surface area contributed by atoms with Crippen molar-refractivity contribution in [1.82, 2.24) is 4.98 Å². The molecule has 0 saturated carbocycles. The molecule has 6 nitrogen and oxygen atoms in total. The fourth-order valence-corrected chi connectivity index (χ4v) is 1.53. The quantitative estimate of drug-likeness (QED) is 0.879. The Bertz CT molecular complexity index is 725. The van der Waals surface area contributed by atoms with Crippen LogP contribution in [0.1, 0.15) is 15.9 Å². The van der Waals surface area contributed by atoms with Gasteiger partial charge in [0.1, 0.15) is 28.8 Å². The molecule has 0 aliphatic heterocycles. The maximum atomic E-state index is 13.4. The molecule has 20 heavy (non-hydrogen) atoms. The SMILES string of the molecule is N#Cc1c(F)cccc1Oc1ncc(N)cc1C(N)=O. The number of anilines is 1. The van der Waals surface area contributed by atoms with Gasteiger partial charge in [0.15, 0.2) is 0 Å². The predicted octanol–water partition coefficient (Wildman–Crippen LogP) is 1.57. The average molecular weight is 272 g/mol. The molecule has 2 rings (SSSR count). The highest BCUT2D eigenvalue weighted by Crippen LogP contribution is 2.28. The number of nitrogens with two attached hydrogens (primary N) is 2. The molecule has 0 unspecified atom stereocenters. The van der Waals surface area contributed by atoms with Crippen molar-refractivity contribution < 1.29 is 13.9 Å². The molecule has 1 aromatic heterocycles. The first-order chi connectivity index (χ1) is 9.52. The van der Waals surface area contributed by atoms with Crippen molar-refractivity contribution in [2.45, 2.75) is 0 Å². The molecular weight excluding hydrogens is 263 g/mol. The van der Waals surface area contributed by atoms with Crippen LogP contribution >= 0.6 is 0 Å². The summed E-state index contributed by atoms with van der Waals surface area (Å²) in [6, 6.07) is 6.83. The van der Waals surface area contributed by atoms with Crippen molar-refractivity contribution in [3.8, 4) is 17.7 Å². The minimum Gasteiger partial charge on any atom is -0.437 e. The summed E-state index contributed by atoms with van der Waals surface area (Å²) in [6.07, 6.45) is 1.26. The summed E-state index contributed by atoms with van der Waals surface area (Å²) < 4.78 is 18.7. The topological polar surface area (TPSA) is 115 Å². The van der Waals surface area contributed by atoms with E-state index in [1.54, 1.807) is 6.07 Å². The lowest BCUT2D eigenvalue weighted by Crippen LogP contribution is -2.13. The number of amides is 1. The normalized spacial score (nSPS) is 9.80. The van der Waals surface area contributed by atoms with Crippen LogP contribution in [0.3, 0.4) is 0 Å². The van der Waals surface area contributed by atoms with E-state index in [4.69, 9.17) is 21.5 Å². The van der Waals surface area contributed by atoms with E-state index in [1.807, 2.05) is 0 Å². The van der Waals surface area contributed by atoms with Gasteiger partial charge in [0.2, 0.25) is 5.88 Å². The zero-order valence-electron chi connectivity index (χ0n) is 10.1. The number of halogens is 1. The number of carbonyl (C=O) groups excluding carboxylic acids is 1. The summed E-state index contributed by atoms with van der Waals surface area (Å²) in [5.41, 5.74) is 10.6. The van der Waals surface area contributed by atoms with Crippen LogP contribution in [0.2, 0.25) is 0 Å². The molecular formula is C13H9FN4O2. The third kappa shape index (κ3) is 2.49. The number of rotatable bonds is 3. The fourth-order valence-electron chi connectivity index (χ4n) is 1.53. The molecule has 0 atom stereocenters. The van der Waals surface area contributed by atoms with E-state index in [2.05, 4.69) is 4.98 Å². The van der Waals surface area contributed by atoms with Crippen LogP contribution in [-0.4, -0.2) is 10.9 Å². The minimum absolute atomic E-state index is 0.0573. The number of aromatic nitrogens is 1. The number of pyridine rings is 1. The largest absolute Gasteiger partial charge is 0.437 e. The number of carbonyl (C=O) groups is 1. The van der Waals surface area contributed by atoms with E-state index >= 15 is 0 Å². The van der Waals surface area contributed by atoms with Gasteiger partial charge in [0.05, 0.1) is 11.9 Å². The van der Waals surface area contributed by atoms with Gasteiger partial charge < -0.3 is 16.2 Å². The zero-order chi connectivity index (χ0) is 14.7. The lowest BCUT2D eigenvalue weighted by Gasteiger charge is -2.10. The van der Waals surface area contributed by atoms with Gasteiger partial charge >= 0.3 is 0 Å². The van der Waals surface area contributed by atoms with Gasteiger partial charge in [-0.25, -0.2) is 9.37 Å². The van der Waals surface area contributed by atoms with Crippen molar-refractivity contribution in [2.24, 2.45) is 5.73 Å². The van der Waals surface area contributed by atoms with Gasteiger partial charge in [0.25, 0.3) is 5.91 Å². The van der Waals surface area contributed by atoms with Crippen LogP contribution in [0.5, 0.6) is 11.6 Å². The number of ether oxygens (including phenoxy) is 1. The molecule has 0 fully saturated rings. The second-order valence-electron chi connectivity index (χ2n) is 3.81. The first-order valence-corrected chi connectivity index (χ1v) is 5.44. The van der Waals surface area contributed by atoms with Gasteiger partial charge in [-0.1, -0.05) is 6.07 Å². The molecule has 0 saturated heterocycles. The second-order valence-corrected chi connectivity index (χ2v) is 3.81. The maximum absolute atomic E-state index is 13.4. The second kappa shape index (κ2) is 5.24. The molecule has 100 valence electrons. The lowest BCUT2D eigenvalue weighted by atomic mass is 10.2. The number of hydrogen-bond donors (Lipinski definition) is 2. The summed E-state index contributed by atoms with van der Waals surface area (Å²) in [4.78, 5) is 15.1. The zero-order valence-corrected chi connectivity index (χ0v) is 10.1. The Balaban J connectivity index is 2.49. The van der Waals surface area contributed by atoms with Gasteiger partial charge in [-0.05, 0) is 18.2 Å². The first kappa shape index (κ1) is 13.3. The molecule has 1 heterocycles. The van der Waals surface area contributed by atoms with Crippen LogP contribution in [0.25, 0.3) is 0 Å². The third-order valence-corrected chi connectivity index (χ3v) is 2.43. The minimum atomic E-state index is -0.797. The monoisotopic (exact) mass is 272 g/mol. The summed E-state index contributed by atoms with van der Waals surface area (Å²) in [5.74, 6) is -1.74. The molecule has 1 amide bonds. The maximum Gasteiger partial charge on any atom is 0.254 e. The Morgan fingerprint density at radius 1 is 1.45 bits per heavy atom. The highest BCUT2D eigenvalue weighted by atomic mass is 19.1. The summed E-state index contributed by atoms with van der Waals surface area (Å²) in [6.45, 7) is 0. The molecule has 1 aromatic carbocycles. The van der Waals surface area contributed by atoms with E-state index < -0.39 is 11.7 Å². The van der Waals surface area contributed by atoms with Crippen molar-refractivity contribution >= 4 is 11.6 Å². The number of benzene rings is 1. The van der Waals surface area contributed by atoms with Crippen LogP contribution in [0, 0.1) is 17.1 Å². The number of nitriles is 1. The molecule has 0 aliphatic rings. The number of hydrogen-bond acceptors (Lipinski definition) is 5. The van der Waals surface area contributed by atoms with E-state index in [0.717, 1.165) is 6.07 Å².